The number of carbonyl (C=O) groups is 1. The van der Waals surface area contributed by atoms with Crippen LogP contribution in [0.25, 0.3) is 0 Å². The van der Waals surface area contributed by atoms with Gasteiger partial charge < -0.3 is 25.0 Å². The second-order valence-electron chi connectivity index (χ2n) is 7.79. The number of aliphatic hydroxyl groups excluding tert-OH is 1. The number of ether oxygens (including phenoxy) is 1. The summed E-state index contributed by atoms with van der Waals surface area (Å²) in [7, 11) is 2.07. The molecular weight excluding hydrogens is 322 g/mol. The molecule has 2 bridgehead atoms. The third kappa shape index (κ3) is 1.56. The van der Waals surface area contributed by atoms with Crippen LogP contribution in [0.4, 0.5) is 0 Å². The highest BCUT2D eigenvalue weighted by molar-refractivity contribution is 6.01. The van der Waals surface area contributed by atoms with Crippen molar-refractivity contribution in [3.63, 3.8) is 0 Å². The normalized spacial score (nSPS) is 37.6. The Bertz CT molecular complexity index is 847. The van der Waals surface area contributed by atoms with Crippen molar-refractivity contribution in [2.75, 3.05) is 13.6 Å². The monoisotopic (exact) mass is 343 g/mol. The number of phenols is 2. The molecule has 2 heterocycles. The van der Waals surface area contributed by atoms with E-state index < -0.39 is 23.4 Å². The quantitative estimate of drug-likeness (QED) is 0.523. The summed E-state index contributed by atoms with van der Waals surface area (Å²) >= 11 is 0. The van der Waals surface area contributed by atoms with Gasteiger partial charge in [-0.1, -0.05) is 12.2 Å². The van der Waals surface area contributed by atoms with Gasteiger partial charge in [-0.25, -0.2) is 0 Å². The average Bonchev–Trinajstić information content (AvgIpc) is 2.90. The van der Waals surface area contributed by atoms with Crippen LogP contribution in [0.5, 0.6) is 17.2 Å². The summed E-state index contributed by atoms with van der Waals surface area (Å²) in [4.78, 5) is 14.3. The molecule has 0 aromatic heterocycles. The molecule has 1 fully saturated rings. The van der Waals surface area contributed by atoms with Crippen molar-refractivity contribution >= 4 is 5.78 Å². The molecule has 0 amide bonds. The van der Waals surface area contributed by atoms with Crippen molar-refractivity contribution in [3.8, 4) is 17.2 Å². The SMILES string of the molecule is CC(=O)c1c(O)c2c3c(c1O)O[C@H]1[C@@H](O)C=C[C@H]4[C@@H](C2)N(C)CC[C@@]341. The van der Waals surface area contributed by atoms with Crippen molar-refractivity contribution in [3.05, 3.63) is 28.8 Å². The fraction of sp³-hybridized carbons (Fsp3) is 0.526. The van der Waals surface area contributed by atoms with Crippen LogP contribution < -0.4 is 4.74 Å². The van der Waals surface area contributed by atoms with Gasteiger partial charge in [0.25, 0.3) is 0 Å². The van der Waals surface area contributed by atoms with Gasteiger partial charge in [-0.15, -0.1) is 0 Å². The number of nitrogens with zero attached hydrogens (tertiary/aromatic N) is 1. The van der Waals surface area contributed by atoms with Crippen LogP contribution >= 0.6 is 0 Å². The second-order valence-corrected chi connectivity index (χ2v) is 7.79. The van der Waals surface area contributed by atoms with E-state index in [0.717, 1.165) is 18.5 Å². The van der Waals surface area contributed by atoms with Gasteiger partial charge in [-0.05, 0) is 33.4 Å². The summed E-state index contributed by atoms with van der Waals surface area (Å²) in [5.41, 5.74) is 0.954. The van der Waals surface area contributed by atoms with Crippen molar-refractivity contribution in [2.24, 2.45) is 5.92 Å². The molecule has 6 heteroatoms. The number of likely N-dealkylation sites (tertiary alicyclic amines) is 1. The van der Waals surface area contributed by atoms with E-state index in [-0.39, 0.29) is 34.8 Å². The minimum Gasteiger partial charge on any atom is -0.507 e. The molecule has 0 radical (unpaired) electrons. The lowest BCUT2D eigenvalue weighted by Gasteiger charge is -2.56. The fourth-order valence-corrected chi connectivity index (χ4v) is 5.70. The van der Waals surface area contributed by atoms with Gasteiger partial charge in [-0.3, -0.25) is 4.79 Å². The zero-order valence-electron chi connectivity index (χ0n) is 14.2. The average molecular weight is 343 g/mol. The van der Waals surface area contributed by atoms with E-state index >= 15 is 0 Å². The van der Waals surface area contributed by atoms with E-state index in [1.165, 1.54) is 6.92 Å². The van der Waals surface area contributed by atoms with Crippen molar-refractivity contribution in [1.82, 2.24) is 4.90 Å². The highest BCUT2D eigenvalue weighted by atomic mass is 16.5. The maximum atomic E-state index is 12.0. The highest BCUT2D eigenvalue weighted by Gasteiger charge is 2.65. The minimum atomic E-state index is -0.777. The van der Waals surface area contributed by atoms with Crippen molar-refractivity contribution in [1.29, 1.82) is 0 Å². The maximum absolute atomic E-state index is 12.0. The zero-order chi connectivity index (χ0) is 17.7. The largest absolute Gasteiger partial charge is 0.507 e. The molecule has 4 aliphatic rings. The summed E-state index contributed by atoms with van der Waals surface area (Å²) in [6, 6.07) is 0.164. The standard InChI is InChI=1S/C19H21NO5/c1-8(21)13-15(23)9-7-11-10-3-4-12(22)18-19(10,5-6-20(11)2)14(9)17(25-18)16(13)24/h3-4,10-12,18,22-24H,5-7H2,1-2H3/t10-,11+,12-,18-,19-/m0/s1. The van der Waals surface area contributed by atoms with Crippen LogP contribution in [0.15, 0.2) is 12.2 Å². The predicted molar refractivity (Wildman–Crippen MR) is 89.2 cm³/mol. The molecule has 2 aliphatic carbocycles. The lowest BCUT2D eigenvalue weighted by Crippen LogP contribution is -2.64. The van der Waals surface area contributed by atoms with Crippen molar-refractivity contribution in [2.45, 2.75) is 43.4 Å². The van der Waals surface area contributed by atoms with Gasteiger partial charge in [0.1, 0.15) is 23.5 Å². The molecule has 5 atom stereocenters. The molecule has 1 saturated heterocycles. The lowest BCUT2D eigenvalue weighted by molar-refractivity contribution is -0.0455. The number of carbonyl (C=O) groups excluding carboxylic acids is 1. The number of hydrogen-bond donors (Lipinski definition) is 3. The fourth-order valence-electron chi connectivity index (χ4n) is 5.70. The van der Waals surface area contributed by atoms with Crippen LogP contribution in [0.1, 0.15) is 34.8 Å². The summed E-state index contributed by atoms with van der Waals surface area (Å²) < 4.78 is 6.07. The number of hydrogen-bond acceptors (Lipinski definition) is 6. The van der Waals surface area contributed by atoms with E-state index in [1.54, 1.807) is 6.08 Å². The Morgan fingerprint density at radius 2 is 2.08 bits per heavy atom. The van der Waals surface area contributed by atoms with E-state index in [9.17, 15) is 20.1 Å². The maximum Gasteiger partial charge on any atom is 0.172 e. The van der Waals surface area contributed by atoms with Crippen LogP contribution in [0.2, 0.25) is 0 Å². The topological polar surface area (TPSA) is 90.2 Å². The molecule has 1 aromatic carbocycles. The van der Waals surface area contributed by atoms with Gasteiger partial charge >= 0.3 is 0 Å². The number of aromatic hydroxyl groups is 2. The minimum absolute atomic E-state index is 0.0783. The van der Waals surface area contributed by atoms with E-state index in [0.29, 0.717) is 12.0 Å². The molecule has 2 aliphatic heterocycles. The Hall–Kier alpha value is -2.05. The molecule has 0 saturated carbocycles. The summed E-state index contributed by atoms with van der Waals surface area (Å²) in [5.74, 6) is -0.399. The number of piperidine rings is 1. The van der Waals surface area contributed by atoms with Gasteiger partial charge in [-0.2, -0.15) is 0 Å². The number of ketones is 1. The second kappa shape index (κ2) is 4.56. The first-order valence-corrected chi connectivity index (χ1v) is 8.73. The predicted octanol–water partition coefficient (Wildman–Crippen LogP) is 1.11. The number of rotatable bonds is 1. The summed E-state index contributed by atoms with van der Waals surface area (Å²) in [6.07, 6.45) is 3.93. The Morgan fingerprint density at radius 3 is 2.80 bits per heavy atom. The smallest absolute Gasteiger partial charge is 0.172 e. The number of likely N-dealkylation sites (N-methyl/N-ethyl adjacent to an activating group) is 1. The van der Waals surface area contributed by atoms with Crippen LogP contribution in [-0.4, -0.2) is 57.8 Å². The molecule has 132 valence electrons. The van der Waals surface area contributed by atoms with Crippen molar-refractivity contribution < 1.29 is 24.9 Å². The van der Waals surface area contributed by atoms with E-state index in [1.807, 2.05) is 0 Å². The molecule has 1 spiro atoms. The molecule has 0 unspecified atom stereocenters. The van der Waals surface area contributed by atoms with Gasteiger partial charge in [0.2, 0.25) is 0 Å². The first kappa shape index (κ1) is 15.2. The third-order valence-electron chi connectivity index (χ3n) is 6.77. The Balaban J connectivity index is 1.88. The van der Waals surface area contributed by atoms with Crippen LogP contribution in [-0.2, 0) is 11.8 Å². The highest BCUT2D eigenvalue weighted by Crippen LogP contribution is 2.64. The Labute approximate surface area is 145 Å². The van der Waals surface area contributed by atoms with E-state index in [4.69, 9.17) is 4.74 Å². The van der Waals surface area contributed by atoms with E-state index in [2.05, 4.69) is 18.0 Å². The van der Waals surface area contributed by atoms with Gasteiger partial charge in [0.15, 0.2) is 17.3 Å². The summed E-state index contributed by atoms with van der Waals surface area (Å²) in [5, 5.41) is 32.0. The Morgan fingerprint density at radius 1 is 1.32 bits per heavy atom. The zero-order valence-corrected chi connectivity index (χ0v) is 14.2. The Kier molecular flexibility index (Phi) is 2.78. The van der Waals surface area contributed by atoms with Crippen LogP contribution in [0.3, 0.4) is 0 Å². The first-order valence-electron chi connectivity index (χ1n) is 8.73. The van der Waals surface area contributed by atoms with Crippen LogP contribution in [0, 0.1) is 5.92 Å². The molecular formula is C19H21NO5. The lowest BCUT2D eigenvalue weighted by atomic mass is 9.53. The number of benzene rings is 1. The van der Waals surface area contributed by atoms with Gasteiger partial charge in [0.05, 0.1) is 0 Å². The first-order chi connectivity index (χ1) is 11.9. The number of Topliss-reactive ketones (excluding diaryl/α,β-unsaturated/α-hetero) is 1. The van der Waals surface area contributed by atoms with Gasteiger partial charge in [0, 0.05) is 28.5 Å². The number of phenolic OH excluding ortho intramolecular Hbond substituents is 2. The molecule has 25 heavy (non-hydrogen) atoms. The third-order valence-corrected chi connectivity index (χ3v) is 6.77. The number of aliphatic hydroxyl groups is 1. The molecule has 1 aromatic rings. The summed E-state index contributed by atoms with van der Waals surface area (Å²) in [6.45, 7) is 2.18. The molecule has 3 N–H and O–H groups in total. The molecule has 5 rings (SSSR count). The molecule has 6 nitrogen and oxygen atoms in total.